The van der Waals surface area contributed by atoms with Crippen LogP contribution in [0, 0.1) is 0 Å². The number of hydrogen-bond acceptors (Lipinski definition) is 2. The zero-order valence-electron chi connectivity index (χ0n) is 8.41. The molecule has 3 nitrogen and oxygen atoms in total. The number of aryl methyl sites for hydroxylation is 1. The van der Waals surface area contributed by atoms with Gasteiger partial charge in [-0.25, -0.2) is 0 Å². The molecule has 1 aliphatic carbocycles. The minimum atomic E-state index is 0.259. The van der Waals surface area contributed by atoms with Gasteiger partial charge in [0.15, 0.2) is 0 Å². The summed E-state index contributed by atoms with van der Waals surface area (Å²) in [5.74, 6) is 0.407. The van der Waals surface area contributed by atoms with E-state index in [1.165, 1.54) is 6.42 Å². The Hall–Kier alpha value is -0.540. The number of aromatic nitrogens is 2. The molecule has 0 amide bonds. The summed E-state index contributed by atoms with van der Waals surface area (Å²) in [5, 5.41) is 5.01. The van der Waals surface area contributed by atoms with Gasteiger partial charge in [-0.05, 0) is 19.8 Å². The molecule has 2 atom stereocenters. The van der Waals surface area contributed by atoms with Crippen LogP contribution in [0.5, 0.6) is 0 Å². The van der Waals surface area contributed by atoms with E-state index >= 15 is 0 Å². The predicted molar refractivity (Wildman–Crippen MR) is 57.5 cm³/mol. The van der Waals surface area contributed by atoms with E-state index in [0.717, 1.165) is 30.1 Å². The average Bonchev–Trinajstić information content (AvgIpc) is 2.72. The van der Waals surface area contributed by atoms with E-state index in [0.29, 0.717) is 5.92 Å². The molecular weight excluding hydrogens is 198 g/mol. The average molecular weight is 214 g/mol. The monoisotopic (exact) mass is 213 g/mol. The highest BCUT2D eigenvalue weighted by molar-refractivity contribution is 6.31. The first-order valence-electron chi connectivity index (χ1n) is 5.20. The van der Waals surface area contributed by atoms with Crippen molar-refractivity contribution >= 4 is 11.6 Å². The predicted octanol–water partition coefficient (Wildman–Crippen LogP) is 2.15. The highest BCUT2D eigenvalue weighted by atomic mass is 35.5. The second-order valence-corrected chi connectivity index (χ2v) is 4.30. The Morgan fingerprint density at radius 3 is 3.00 bits per heavy atom. The Bertz CT molecular complexity index is 321. The molecule has 1 heterocycles. The van der Waals surface area contributed by atoms with Crippen molar-refractivity contribution in [1.82, 2.24) is 9.78 Å². The number of halogens is 1. The third-order valence-corrected chi connectivity index (χ3v) is 3.34. The summed E-state index contributed by atoms with van der Waals surface area (Å²) in [6, 6.07) is 0.259. The highest BCUT2D eigenvalue weighted by Crippen LogP contribution is 2.36. The van der Waals surface area contributed by atoms with Gasteiger partial charge in [-0.2, -0.15) is 5.10 Å². The molecule has 1 saturated carbocycles. The Morgan fingerprint density at radius 1 is 1.64 bits per heavy atom. The van der Waals surface area contributed by atoms with Gasteiger partial charge < -0.3 is 5.73 Å². The molecule has 1 aromatic heterocycles. The molecule has 2 rings (SSSR count). The topological polar surface area (TPSA) is 43.8 Å². The maximum absolute atomic E-state index is 6.13. The van der Waals surface area contributed by atoms with E-state index in [1.807, 2.05) is 4.68 Å². The Morgan fingerprint density at radius 2 is 2.43 bits per heavy atom. The van der Waals surface area contributed by atoms with Crippen molar-refractivity contribution in [2.75, 3.05) is 0 Å². The van der Waals surface area contributed by atoms with Crippen LogP contribution in [-0.4, -0.2) is 15.8 Å². The summed E-state index contributed by atoms with van der Waals surface area (Å²) < 4.78 is 1.97. The Labute approximate surface area is 89.2 Å². The normalized spacial score (nSPS) is 27.1. The number of nitrogens with zero attached hydrogens (tertiary/aromatic N) is 2. The van der Waals surface area contributed by atoms with Crippen LogP contribution in [0.2, 0.25) is 5.02 Å². The SMILES string of the molecule is CCn1ncc(Cl)c1C1CCCC1N. The number of rotatable bonds is 2. The molecule has 1 fully saturated rings. The molecule has 1 aliphatic rings. The van der Waals surface area contributed by atoms with Crippen molar-refractivity contribution in [3.8, 4) is 0 Å². The van der Waals surface area contributed by atoms with Gasteiger partial charge in [-0.15, -0.1) is 0 Å². The zero-order valence-corrected chi connectivity index (χ0v) is 9.17. The summed E-state index contributed by atoms with van der Waals surface area (Å²) in [5.41, 5.74) is 7.20. The molecule has 0 radical (unpaired) electrons. The van der Waals surface area contributed by atoms with Gasteiger partial charge in [0.2, 0.25) is 0 Å². The molecule has 14 heavy (non-hydrogen) atoms. The second-order valence-electron chi connectivity index (χ2n) is 3.89. The van der Waals surface area contributed by atoms with Crippen LogP contribution in [0.15, 0.2) is 6.20 Å². The maximum atomic E-state index is 6.13. The first kappa shape index (κ1) is 9.99. The maximum Gasteiger partial charge on any atom is 0.0821 e. The third kappa shape index (κ3) is 1.55. The smallest absolute Gasteiger partial charge is 0.0821 e. The highest BCUT2D eigenvalue weighted by Gasteiger charge is 2.29. The lowest BCUT2D eigenvalue weighted by atomic mass is 10.0. The fourth-order valence-electron chi connectivity index (χ4n) is 2.32. The summed E-state index contributed by atoms with van der Waals surface area (Å²) in [7, 11) is 0. The van der Waals surface area contributed by atoms with Gasteiger partial charge in [0.25, 0.3) is 0 Å². The van der Waals surface area contributed by atoms with Crippen LogP contribution >= 0.6 is 11.6 Å². The first-order valence-corrected chi connectivity index (χ1v) is 5.58. The summed E-state index contributed by atoms with van der Waals surface area (Å²) >= 11 is 6.13. The molecule has 0 saturated heterocycles. The number of hydrogen-bond donors (Lipinski definition) is 1. The molecular formula is C10H16ClN3. The number of nitrogens with two attached hydrogens (primary N) is 1. The van der Waals surface area contributed by atoms with E-state index in [-0.39, 0.29) is 6.04 Å². The summed E-state index contributed by atoms with van der Waals surface area (Å²) in [6.07, 6.45) is 5.19. The van der Waals surface area contributed by atoms with Crippen molar-refractivity contribution in [2.24, 2.45) is 5.73 Å². The van der Waals surface area contributed by atoms with Crippen molar-refractivity contribution < 1.29 is 0 Å². The van der Waals surface area contributed by atoms with E-state index in [9.17, 15) is 0 Å². The van der Waals surface area contributed by atoms with Crippen LogP contribution in [0.3, 0.4) is 0 Å². The van der Waals surface area contributed by atoms with Crippen LogP contribution in [0.4, 0.5) is 0 Å². The van der Waals surface area contributed by atoms with Gasteiger partial charge in [-0.1, -0.05) is 18.0 Å². The van der Waals surface area contributed by atoms with E-state index < -0.39 is 0 Å². The molecule has 0 bridgehead atoms. The molecule has 0 spiro atoms. The quantitative estimate of drug-likeness (QED) is 0.818. The molecule has 1 aromatic rings. The molecule has 2 N–H and O–H groups in total. The summed E-state index contributed by atoms with van der Waals surface area (Å²) in [4.78, 5) is 0. The van der Waals surface area contributed by atoms with Crippen LogP contribution in [0.1, 0.15) is 37.8 Å². The zero-order chi connectivity index (χ0) is 10.1. The lowest BCUT2D eigenvalue weighted by Gasteiger charge is -2.17. The van der Waals surface area contributed by atoms with Crippen molar-refractivity contribution in [3.63, 3.8) is 0 Å². The van der Waals surface area contributed by atoms with Gasteiger partial charge in [0, 0.05) is 18.5 Å². The van der Waals surface area contributed by atoms with E-state index in [1.54, 1.807) is 6.20 Å². The molecule has 2 unspecified atom stereocenters. The Balaban J connectivity index is 2.33. The van der Waals surface area contributed by atoms with Crippen LogP contribution in [-0.2, 0) is 6.54 Å². The largest absolute Gasteiger partial charge is 0.327 e. The van der Waals surface area contributed by atoms with Crippen molar-refractivity contribution in [1.29, 1.82) is 0 Å². The Kier molecular flexibility index (Phi) is 2.79. The fraction of sp³-hybridized carbons (Fsp3) is 0.700. The molecule has 0 aliphatic heterocycles. The fourth-order valence-corrected chi connectivity index (χ4v) is 2.60. The van der Waals surface area contributed by atoms with Gasteiger partial charge in [0.1, 0.15) is 0 Å². The first-order chi connectivity index (χ1) is 6.74. The van der Waals surface area contributed by atoms with Crippen LogP contribution < -0.4 is 5.73 Å². The van der Waals surface area contributed by atoms with Gasteiger partial charge in [-0.3, -0.25) is 4.68 Å². The third-order valence-electron chi connectivity index (χ3n) is 3.05. The molecule has 78 valence electrons. The van der Waals surface area contributed by atoms with Crippen molar-refractivity contribution in [3.05, 3.63) is 16.9 Å². The van der Waals surface area contributed by atoms with Crippen LogP contribution in [0.25, 0.3) is 0 Å². The van der Waals surface area contributed by atoms with E-state index in [4.69, 9.17) is 17.3 Å². The standard InChI is InChI=1S/C10H16ClN3/c1-2-14-10(8(11)6-13-14)7-4-3-5-9(7)12/h6-7,9H,2-5,12H2,1H3. The lowest BCUT2D eigenvalue weighted by molar-refractivity contribution is 0.531. The van der Waals surface area contributed by atoms with E-state index in [2.05, 4.69) is 12.0 Å². The molecule has 4 heteroatoms. The van der Waals surface area contributed by atoms with Gasteiger partial charge >= 0.3 is 0 Å². The minimum Gasteiger partial charge on any atom is -0.327 e. The van der Waals surface area contributed by atoms with Gasteiger partial charge in [0.05, 0.1) is 16.9 Å². The van der Waals surface area contributed by atoms with Crippen molar-refractivity contribution in [2.45, 2.75) is 44.7 Å². The molecule has 0 aromatic carbocycles. The summed E-state index contributed by atoms with van der Waals surface area (Å²) in [6.45, 7) is 2.94. The second kappa shape index (κ2) is 3.91. The lowest BCUT2D eigenvalue weighted by Crippen LogP contribution is -2.25. The minimum absolute atomic E-state index is 0.259.